The zero-order valence-electron chi connectivity index (χ0n) is 11.9. The van der Waals surface area contributed by atoms with Crippen molar-refractivity contribution >= 4 is 35.3 Å². The monoisotopic (exact) mass is 346 g/mol. The Morgan fingerprint density at radius 1 is 1.17 bits per heavy atom. The number of amidine groups is 1. The molecule has 2 aromatic rings. The Labute approximate surface area is 143 Å². The normalized spacial score (nSPS) is 19.0. The van der Waals surface area contributed by atoms with Crippen LogP contribution < -0.4 is 0 Å². The van der Waals surface area contributed by atoms with E-state index in [1.165, 1.54) is 12.3 Å². The molecule has 0 radical (unpaired) electrons. The number of aromatic hydroxyl groups is 1. The van der Waals surface area contributed by atoms with Gasteiger partial charge in [0.2, 0.25) is 0 Å². The maximum absolute atomic E-state index is 9.83. The van der Waals surface area contributed by atoms with Crippen molar-refractivity contribution in [1.82, 2.24) is 0 Å². The molecular formula is C16H12Cl2N4O. The summed E-state index contributed by atoms with van der Waals surface area (Å²) in [5.74, 6) is 0.443. The third-order valence-corrected chi connectivity index (χ3v) is 3.81. The molecule has 0 aromatic heterocycles. The van der Waals surface area contributed by atoms with E-state index in [1.54, 1.807) is 6.07 Å². The lowest BCUT2D eigenvalue weighted by Gasteiger charge is -2.03. The summed E-state index contributed by atoms with van der Waals surface area (Å²) in [5, 5.41) is 26.6. The second-order valence-electron chi connectivity index (χ2n) is 4.93. The number of nitrogens with zero attached hydrogens (tertiary/aromatic N) is 4. The minimum atomic E-state index is -0.0878. The van der Waals surface area contributed by atoms with Crippen molar-refractivity contribution < 1.29 is 5.11 Å². The highest BCUT2D eigenvalue weighted by Gasteiger charge is 2.19. The van der Waals surface area contributed by atoms with Crippen LogP contribution in [0.3, 0.4) is 0 Å². The van der Waals surface area contributed by atoms with Gasteiger partial charge >= 0.3 is 0 Å². The molecule has 0 saturated carbocycles. The number of azo groups is 1. The van der Waals surface area contributed by atoms with E-state index in [0.717, 1.165) is 5.56 Å². The predicted octanol–water partition coefficient (Wildman–Crippen LogP) is 5.03. The maximum atomic E-state index is 9.83. The molecule has 1 heterocycles. The minimum absolute atomic E-state index is 0.0285. The molecule has 0 saturated heterocycles. The molecule has 1 N–H and O–H groups in total. The van der Waals surface area contributed by atoms with Crippen molar-refractivity contribution in [2.75, 3.05) is 0 Å². The SMILES string of the molecule is Oc1c(Cl)cc(Cl)cc1/C=N\N=C1/C[C@H](c2ccccc2)N=N1. The molecule has 116 valence electrons. The number of phenols is 1. The van der Waals surface area contributed by atoms with Crippen molar-refractivity contribution in [1.29, 1.82) is 0 Å². The molecule has 0 unspecified atom stereocenters. The van der Waals surface area contributed by atoms with Crippen LogP contribution in [0.25, 0.3) is 0 Å². The molecule has 1 aliphatic heterocycles. The van der Waals surface area contributed by atoms with E-state index < -0.39 is 0 Å². The molecule has 0 amide bonds. The molecule has 3 rings (SSSR count). The van der Waals surface area contributed by atoms with Gasteiger partial charge in [-0.2, -0.15) is 10.2 Å². The van der Waals surface area contributed by atoms with Crippen LogP contribution in [0.15, 0.2) is 62.9 Å². The van der Waals surface area contributed by atoms with Crippen molar-refractivity contribution in [2.24, 2.45) is 20.4 Å². The lowest BCUT2D eigenvalue weighted by atomic mass is 10.1. The Morgan fingerprint density at radius 3 is 2.74 bits per heavy atom. The lowest BCUT2D eigenvalue weighted by molar-refractivity contribution is 0.474. The van der Waals surface area contributed by atoms with E-state index in [4.69, 9.17) is 23.2 Å². The van der Waals surface area contributed by atoms with Gasteiger partial charge in [0.25, 0.3) is 0 Å². The number of halogens is 2. The molecule has 0 bridgehead atoms. The van der Waals surface area contributed by atoms with E-state index in [2.05, 4.69) is 20.4 Å². The van der Waals surface area contributed by atoms with Crippen LogP contribution in [-0.4, -0.2) is 17.2 Å². The van der Waals surface area contributed by atoms with Crippen molar-refractivity contribution in [3.05, 3.63) is 63.6 Å². The van der Waals surface area contributed by atoms with Gasteiger partial charge in [0.05, 0.1) is 11.2 Å². The maximum Gasteiger partial charge on any atom is 0.175 e. The van der Waals surface area contributed by atoms with Gasteiger partial charge in [0, 0.05) is 17.0 Å². The molecule has 0 spiro atoms. The molecule has 2 aromatic carbocycles. The largest absolute Gasteiger partial charge is 0.506 e. The number of rotatable bonds is 3. The quantitative estimate of drug-likeness (QED) is 0.614. The number of benzene rings is 2. The fraction of sp³-hybridized carbons (Fsp3) is 0.125. The van der Waals surface area contributed by atoms with Crippen molar-refractivity contribution in [3.63, 3.8) is 0 Å². The number of hydrogen-bond acceptors (Lipinski definition) is 4. The smallest absolute Gasteiger partial charge is 0.175 e. The molecule has 7 heteroatoms. The molecule has 1 atom stereocenters. The fourth-order valence-electron chi connectivity index (χ4n) is 2.15. The Kier molecular flexibility index (Phi) is 4.69. The average molecular weight is 347 g/mol. The summed E-state index contributed by atoms with van der Waals surface area (Å²) in [4.78, 5) is 0. The summed E-state index contributed by atoms with van der Waals surface area (Å²) >= 11 is 11.7. The van der Waals surface area contributed by atoms with Crippen LogP contribution in [0.1, 0.15) is 23.6 Å². The van der Waals surface area contributed by atoms with E-state index >= 15 is 0 Å². The Bertz CT molecular complexity index is 803. The summed E-state index contributed by atoms with van der Waals surface area (Å²) in [7, 11) is 0. The molecule has 1 aliphatic rings. The molecular weight excluding hydrogens is 335 g/mol. The first-order valence-electron chi connectivity index (χ1n) is 6.87. The first-order chi connectivity index (χ1) is 11.1. The molecule has 0 aliphatic carbocycles. The van der Waals surface area contributed by atoms with Crippen LogP contribution in [-0.2, 0) is 0 Å². The highest BCUT2D eigenvalue weighted by molar-refractivity contribution is 6.36. The van der Waals surface area contributed by atoms with E-state index in [0.29, 0.717) is 22.8 Å². The third-order valence-electron chi connectivity index (χ3n) is 3.30. The Hall–Kier alpha value is -2.24. The van der Waals surface area contributed by atoms with Gasteiger partial charge in [-0.05, 0) is 17.7 Å². The standard InChI is InChI=1S/C16H12Cl2N4O/c17-12-6-11(16(23)13(18)7-12)9-19-21-15-8-14(20-22-15)10-4-2-1-3-5-10/h1-7,9,14,23H,8H2/b19-9-,21-15+/t14-/m1/s1. The van der Waals surface area contributed by atoms with Crippen LogP contribution in [0.4, 0.5) is 0 Å². The van der Waals surface area contributed by atoms with Gasteiger partial charge in [-0.1, -0.05) is 53.5 Å². The lowest BCUT2D eigenvalue weighted by Crippen LogP contribution is -1.95. The third kappa shape index (κ3) is 3.75. The highest BCUT2D eigenvalue weighted by atomic mass is 35.5. The van der Waals surface area contributed by atoms with Crippen LogP contribution in [0, 0.1) is 0 Å². The summed E-state index contributed by atoms with van der Waals surface area (Å²) in [6.45, 7) is 0. The van der Waals surface area contributed by atoms with Crippen molar-refractivity contribution in [2.45, 2.75) is 12.5 Å². The van der Waals surface area contributed by atoms with Gasteiger partial charge < -0.3 is 5.11 Å². The van der Waals surface area contributed by atoms with E-state index in [-0.39, 0.29) is 16.8 Å². The van der Waals surface area contributed by atoms with Crippen LogP contribution in [0.2, 0.25) is 10.0 Å². The minimum Gasteiger partial charge on any atom is -0.506 e. The first-order valence-corrected chi connectivity index (χ1v) is 7.63. The zero-order valence-corrected chi connectivity index (χ0v) is 13.4. The van der Waals surface area contributed by atoms with Gasteiger partial charge in [0.15, 0.2) is 5.84 Å². The van der Waals surface area contributed by atoms with E-state index in [9.17, 15) is 5.11 Å². The summed E-state index contributed by atoms with van der Waals surface area (Å²) < 4.78 is 0. The highest BCUT2D eigenvalue weighted by Crippen LogP contribution is 2.30. The summed E-state index contributed by atoms with van der Waals surface area (Å²) in [6, 6.07) is 12.9. The van der Waals surface area contributed by atoms with Crippen LogP contribution >= 0.6 is 23.2 Å². The second-order valence-corrected chi connectivity index (χ2v) is 5.78. The van der Waals surface area contributed by atoms with Gasteiger partial charge in [-0.25, -0.2) is 0 Å². The first kappa shape index (κ1) is 15.6. The predicted molar refractivity (Wildman–Crippen MR) is 91.8 cm³/mol. The average Bonchev–Trinajstić information content (AvgIpc) is 3.02. The Balaban J connectivity index is 1.71. The number of phenolic OH excluding ortho intramolecular Hbond substituents is 1. The van der Waals surface area contributed by atoms with Gasteiger partial charge in [0.1, 0.15) is 11.8 Å². The molecule has 0 fully saturated rings. The fourth-order valence-corrected chi connectivity index (χ4v) is 2.66. The number of hydrogen-bond donors (Lipinski definition) is 1. The second kappa shape index (κ2) is 6.89. The Morgan fingerprint density at radius 2 is 1.96 bits per heavy atom. The molecule has 5 nitrogen and oxygen atoms in total. The summed E-state index contributed by atoms with van der Waals surface area (Å²) in [5.41, 5.74) is 1.48. The van der Waals surface area contributed by atoms with Gasteiger partial charge in [-0.3, -0.25) is 0 Å². The zero-order chi connectivity index (χ0) is 16.2. The topological polar surface area (TPSA) is 69.7 Å². The van der Waals surface area contributed by atoms with Crippen molar-refractivity contribution in [3.8, 4) is 5.75 Å². The summed E-state index contributed by atoms with van der Waals surface area (Å²) in [6.07, 6.45) is 1.97. The van der Waals surface area contributed by atoms with Crippen LogP contribution in [0.5, 0.6) is 5.75 Å². The molecule has 23 heavy (non-hydrogen) atoms. The van der Waals surface area contributed by atoms with Gasteiger partial charge in [-0.15, -0.1) is 10.2 Å². The van der Waals surface area contributed by atoms with E-state index in [1.807, 2.05) is 30.3 Å².